The van der Waals surface area contributed by atoms with Crippen LogP contribution in [0.15, 0.2) is 53.6 Å². The van der Waals surface area contributed by atoms with Gasteiger partial charge in [-0.1, -0.05) is 51.1 Å². The van der Waals surface area contributed by atoms with Crippen molar-refractivity contribution < 1.29 is 29.0 Å². The summed E-state index contributed by atoms with van der Waals surface area (Å²) in [4.78, 5) is 38.6. The Kier molecular flexibility index (Phi) is 6.56. The number of aliphatic hydroxyl groups is 1. The second-order valence-electron chi connectivity index (χ2n) is 11.2. The first-order chi connectivity index (χ1) is 16.4. The Hall–Kier alpha value is -2.73. The number of ether oxygens (including phenoxy) is 2. The molecule has 3 aliphatic rings. The third kappa shape index (κ3) is 4.61. The topological polar surface area (TPSA) is 89.9 Å². The van der Waals surface area contributed by atoms with Gasteiger partial charge in [-0.2, -0.15) is 0 Å². The van der Waals surface area contributed by atoms with E-state index in [2.05, 4.69) is 13.8 Å². The molecule has 1 aromatic carbocycles. The fraction of sp³-hybridized carbons (Fsp3) is 0.552. The SMILES string of the molecule is CC(=O)O[C@@H]1C[C@@H]2[C@H](/C=C(\C)C(=O)[C@]3(O)C[C@H](C)[C@H](OC(=O)c4ccccc4)[C@H]3/C=C\1C)C2(C)C. The van der Waals surface area contributed by atoms with Crippen molar-refractivity contribution >= 4 is 17.7 Å². The largest absolute Gasteiger partial charge is 0.458 e. The quantitative estimate of drug-likeness (QED) is 0.500. The molecule has 2 fully saturated rings. The maximum atomic E-state index is 13.7. The lowest BCUT2D eigenvalue weighted by molar-refractivity contribution is -0.145. The summed E-state index contributed by atoms with van der Waals surface area (Å²) < 4.78 is 11.6. The van der Waals surface area contributed by atoms with Crippen molar-refractivity contribution in [3.05, 3.63) is 59.2 Å². The third-order valence-corrected chi connectivity index (χ3v) is 8.40. The maximum Gasteiger partial charge on any atom is 0.338 e. The Morgan fingerprint density at radius 3 is 2.31 bits per heavy atom. The van der Waals surface area contributed by atoms with Crippen molar-refractivity contribution in [1.82, 2.24) is 0 Å². The first kappa shape index (κ1) is 25.4. The van der Waals surface area contributed by atoms with E-state index < -0.39 is 29.7 Å². The van der Waals surface area contributed by atoms with Gasteiger partial charge in [0.15, 0.2) is 5.78 Å². The summed E-state index contributed by atoms with van der Waals surface area (Å²) in [5.74, 6) is -1.81. The molecular weight excluding hydrogens is 444 g/mol. The lowest BCUT2D eigenvalue weighted by atomic mass is 9.81. The summed E-state index contributed by atoms with van der Waals surface area (Å²) >= 11 is 0. The lowest BCUT2D eigenvalue weighted by Crippen LogP contribution is -2.45. The minimum Gasteiger partial charge on any atom is -0.458 e. The summed E-state index contributed by atoms with van der Waals surface area (Å²) in [6, 6.07) is 8.69. The van der Waals surface area contributed by atoms with Gasteiger partial charge in [0.1, 0.15) is 17.8 Å². The first-order valence-corrected chi connectivity index (χ1v) is 12.4. The molecular formula is C29H36O6. The van der Waals surface area contributed by atoms with Crippen LogP contribution >= 0.6 is 0 Å². The number of rotatable bonds is 3. The number of Topliss-reactive ketones (excluding diaryl/α,β-unsaturated/α-hetero) is 1. The van der Waals surface area contributed by atoms with Gasteiger partial charge in [0, 0.05) is 6.92 Å². The van der Waals surface area contributed by atoms with Crippen LogP contribution in [-0.2, 0) is 19.1 Å². The van der Waals surface area contributed by atoms with Crippen LogP contribution in [0.3, 0.4) is 0 Å². The van der Waals surface area contributed by atoms with Crippen LogP contribution in [0.4, 0.5) is 0 Å². The highest BCUT2D eigenvalue weighted by Gasteiger charge is 2.60. The summed E-state index contributed by atoms with van der Waals surface area (Å²) in [6.07, 6.45) is 3.40. The zero-order valence-corrected chi connectivity index (χ0v) is 21.4. The number of carbonyl (C=O) groups excluding carboxylic acids is 3. The number of hydrogen-bond acceptors (Lipinski definition) is 6. The van der Waals surface area contributed by atoms with Crippen LogP contribution in [0, 0.1) is 29.1 Å². The van der Waals surface area contributed by atoms with E-state index in [1.807, 2.05) is 26.0 Å². The maximum absolute atomic E-state index is 13.7. The predicted molar refractivity (Wildman–Crippen MR) is 131 cm³/mol. The zero-order valence-electron chi connectivity index (χ0n) is 21.4. The minimum atomic E-state index is -1.72. The second kappa shape index (κ2) is 9.05. The molecule has 4 rings (SSSR count). The molecule has 1 aromatic rings. The number of allylic oxidation sites excluding steroid dienone is 1. The van der Waals surface area contributed by atoms with E-state index in [-0.39, 0.29) is 41.3 Å². The van der Waals surface area contributed by atoms with E-state index in [0.717, 1.165) is 5.57 Å². The standard InChI is InChI=1S/C29H36O6/c1-16-12-23-25(35-27(32)20-10-8-7-9-11-20)18(3)15-29(23,33)26(31)17(2)13-21-22(28(21,5)6)14-24(16)34-19(4)30/h7-13,18,21-25,33H,14-15H2,1-6H3/b16-12-,17-13+/t18-,21-,22+,23+,24+,25-,29-/m0/s1. The Bertz CT molecular complexity index is 1080. The Balaban J connectivity index is 1.76. The summed E-state index contributed by atoms with van der Waals surface area (Å²) in [5, 5.41) is 11.9. The molecule has 0 unspecified atom stereocenters. The van der Waals surface area contributed by atoms with Crippen molar-refractivity contribution in [1.29, 1.82) is 0 Å². The molecule has 0 saturated heterocycles. The van der Waals surface area contributed by atoms with Crippen LogP contribution in [0.25, 0.3) is 0 Å². The average Bonchev–Trinajstić information content (AvgIpc) is 3.20. The van der Waals surface area contributed by atoms with Crippen LogP contribution in [0.2, 0.25) is 0 Å². The van der Waals surface area contributed by atoms with Crippen molar-refractivity contribution in [2.45, 2.75) is 72.2 Å². The number of benzene rings is 1. The van der Waals surface area contributed by atoms with Gasteiger partial charge in [0.25, 0.3) is 0 Å². The fourth-order valence-corrected chi connectivity index (χ4v) is 6.20. The van der Waals surface area contributed by atoms with Gasteiger partial charge in [-0.15, -0.1) is 0 Å². The van der Waals surface area contributed by atoms with Gasteiger partial charge in [0.05, 0.1) is 11.5 Å². The Morgan fingerprint density at radius 1 is 1.03 bits per heavy atom. The van der Waals surface area contributed by atoms with E-state index in [0.29, 0.717) is 17.6 Å². The lowest BCUT2D eigenvalue weighted by Gasteiger charge is -2.31. The molecule has 0 radical (unpaired) electrons. The third-order valence-electron chi connectivity index (χ3n) is 8.40. The molecule has 1 N–H and O–H groups in total. The molecule has 0 aliphatic heterocycles. The fourth-order valence-electron chi connectivity index (χ4n) is 6.20. The van der Waals surface area contributed by atoms with Crippen LogP contribution in [-0.4, -0.2) is 40.6 Å². The Morgan fingerprint density at radius 2 is 1.69 bits per heavy atom. The van der Waals surface area contributed by atoms with Crippen molar-refractivity contribution in [2.75, 3.05) is 0 Å². The van der Waals surface area contributed by atoms with E-state index in [1.165, 1.54) is 6.92 Å². The van der Waals surface area contributed by atoms with Crippen LogP contribution in [0.1, 0.15) is 64.7 Å². The molecule has 2 saturated carbocycles. The van der Waals surface area contributed by atoms with Crippen LogP contribution in [0.5, 0.6) is 0 Å². The van der Waals surface area contributed by atoms with Gasteiger partial charge in [0.2, 0.25) is 0 Å². The smallest absolute Gasteiger partial charge is 0.338 e. The first-order valence-electron chi connectivity index (χ1n) is 12.4. The molecule has 188 valence electrons. The molecule has 6 nitrogen and oxygen atoms in total. The van der Waals surface area contributed by atoms with Crippen molar-refractivity contribution in [3.63, 3.8) is 0 Å². The van der Waals surface area contributed by atoms with Gasteiger partial charge in [-0.25, -0.2) is 4.79 Å². The Labute approximate surface area is 207 Å². The van der Waals surface area contributed by atoms with Gasteiger partial charge >= 0.3 is 11.9 Å². The normalized spacial score (nSPS) is 39.0. The molecule has 0 bridgehead atoms. The van der Waals surface area contributed by atoms with Crippen molar-refractivity contribution in [2.24, 2.45) is 29.1 Å². The highest BCUT2D eigenvalue weighted by atomic mass is 16.5. The molecule has 3 aliphatic carbocycles. The predicted octanol–water partition coefficient (Wildman–Crippen LogP) is 4.67. The second-order valence-corrected chi connectivity index (χ2v) is 11.2. The van der Waals surface area contributed by atoms with E-state index >= 15 is 0 Å². The minimum absolute atomic E-state index is 0.0296. The molecule has 0 aromatic heterocycles. The molecule has 6 heteroatoms. The zero-order chi connectivity index (χ0) is 25.7. The number of esters is 2. The molecule has 0 amide bonds. The van der Waals surface area contributed by atoms with Gasteiger partial charge in [-0.05, 0) is 73.1 Å². The van der Waals surface area contributed by atoms with Crippen LogP contribution < -0.4 is 0 Å². The van der Waals surface area contributed by atoms with Gasteiger partial charge in [-0.3, -0.25) is 9.59 Å². The molecule has 0 spiro atoms. The average molecular weight is 481 g/mol. The van der Waals surface area contributed by atoms with Gasteiger partial charge < -0.3 is 14.6 Å². The number of fused-ring (bicyclic) bond motifs is 2. The number of hydrogen-bond donors (Lipinski definition) is 1. The number of carbonyl (C=O) groups is 3. The summed E-state index contributed by atoms with van der Waals surface area (Å²) in [5.41, 5.74) is -0.0552. The van der Waals surface area contributed by atoms with E-state index in [1.54, 1.807) is 37.3 Å². The number of ketones is 1. The molecule has 7 atom stereocenters. The molecule has 35 heavy (non-hydrogen) atoms. The summed E-state index contributed by atoms with van der Waals surface area (Å²) in [6.45, 7) is 11.2. The van der Waals surface area contributed by atoms with Crippen molar-refractivity contribution in [3.8, 4) is 0 Å². The van der Waals surface area contributed by atoms with E-state index in [9.17, 15) is 19.5 Å². The van der Waals surface area contributed by atoms with E-state index in [4.69, 9.17) is 9.47 Å². The molecule has 0 heterocycles. The summed E-state index contributed by atoms with van der Waals surface area (Å²) in [7, 11) is 0. The monoisotopic (exact) mass is 480 g/mol. The highest BCUT2D eigenvalue weighted by molar-refractivity contribution is 6.02. The highest BCUT2D eigenvalue weighted by Crippen LogP contribution is 2.62.